The molecule has 77 heavy (non-hydrogen) atoms. The molecule has 1 amide bonds. The van der Waals surface area contributed by atoms with Crippen LogP contribution in [0.5, 0.6) is 0 Å². The predicted octanol–water partition coefficient (Wildman–Crippen LogP) is 16.5. The van der Waals surface area contributed by atoms with Gasteiger partial charge in [0.15, 0.2) is 6.29 Å². The maximum atomic E-state index is 13.1. The third-order valence-electron chi connectivity index (χ3n) is 14.3. The van der Waals surface area contributed by atoms with E-state index in [1.165, 1.54) is 148 Å². The van der Waals surface area contributed by atoms with E-state index in [1.54, 1.807) is 6.08 Å². The van der Waals surface area contributed by atoms with E-state index >= 15 is 0 Å². The van der Waals surface area contributed by atoms with Crippen LogP contribution in [-0.4, -0.2) is 87.5 Å². The summed E-state index contributed by atoms with van der Waals surface area (Å²) in [6.45, 7) is 3.63. The molecule has 9 nitrogen and oxygen atoms in total. The van der Waals surface area contributed by atoms with Crippen LogP contribution in [0, 0.1) is 0 Å². The zero-order valence-corrected chi connectivity index (χ0v) is 49.2. The maximum Gasteiger partial charge on any atom is 0.220 e. The van der Waals surface area contributed by atoms with Gasteiger partial charge in [-0.25, -0.2) is 0 Å². The molecule has 0 saturated carbocycles. The third kappa shape index (κ3) is 45.3. The van der Waals surface area contributed by atoms with E-state index in [1.807, 2.05) is 6.08 Å². The Bertz CT molecular complexity index is 1580. The summed E-state index contributed by atoms with van der Waals surface area (Å²) in [6, 6.07) is -0.832. The molecule has 0 aromatic rings. The highest BCUT2D eigenvalue weighted by Crippen LogP contribution is 2.23. The molecule has 7 unspecified atom stereocenters. The molecule has 0 aromatic carbocycles. The summed E-state index contributed by atoms with van der Waals surface area (Å²) >= 11 is 0. The Morgan fingerprint density at radius 1 is 0.455 bits per heavy atom. The van der Waals surface area contributed by atoms with Crippen LogP contribution in [0.2, 0.25) is 0 Å². The summed E-state index contributed by atoms with van der Waals surface area (Å²) in [4.78, 5) is 13.1. The van der Waals surface area contributed by atoms with Gasteiger partial charge in [-0.2, -0.15) is 0 Å². The largest absolute Gasteiger partial charge is 0.394 e. The molecule has 1 fully saturated rings. The molecule has 1 saturated heterocycles. The van der Waals surface area contributed by atoms with Gasteiger partial charge < -0.3 is 40.3 Å². The second kappa shape index (κ2) is 56.1. The molecular weight excluding hydrogens is 959 g/mol. The fourth-order valence-electron chi connectivity index (χ4n) is 9.37. The third-order valence-corrected chi connectivity index (χ3v) is 14.3. The Morgan fingerprint density at radius 2 is 0.818 bits per heavy atom. The average molecular weight is 1080 g/mol. The molecule has 1 aliphatic heterocycles. The fraction of sp³-hybridized carbons (Fsp3) is 0.721. The number of allylic oxidation sites excluding steroid dienone is 17. The van der Waals surface area contributed by atoms with Crippen molar-refractivity contribution in [1.82, 2.24) is 5.32 Å². The molecular formula is C68H117NO8. The normalized spacial score (nSPS) is 19.5. The molecule has 1 aliphatic rings. The smallest absolute Gasteiger partial charge is 0.220 e. The van der Waals surface area contributed by atoms with Gasteiger partial charge in [-0.1, -0.05) is 264 Å². The molecule has 7 atom stereocenters. The van der Waals surface area contributed by atoms with Crippen molar-refractivity contribution in [3.63, 3.8) is 0 Å². The second-order valence-corrected chi connectivity index (χ2v) is 21.4. The number of carbonyl (C=O) groups excluding carboxylic acids is 1. The van der Waals surface area contributed by atoms with Gasteiger partial charge in [0.05, 0.1) is 25.4 Å². The number of aliphatic hydroxyl groups excluding tert-OH is 5. The highest BCUT2D eigenvalue weighted by atomic mass is 16.7. The standard InChI is InChI=1S/C68H117NO8/c1-3-5-7-9-11-13-15-17-19-20-21-22-23-24-25-26-27-28-29-30-31-32-33-34-35-36-37-38-39-40-41-42-44-46-48-50-52-54-56-58-64(72)69-61(60-76-68-67(75)66(74)65(73)63(59-70)77-68)62(71)57-55-53-51-49-47-45-43-18-16-14-12-10-8-6-4-2/h5,7,11,13,16-19,21-22,24-25,27-28,47,49,55,57,61-63,65-68,70-71,73-75H,3-4,6,8-10,12,14-15,20,23,26,29-46,48,50-54,56,58-60H2,1-2H3,(H,69,72)/b7-5-,13-11-,18-16+,19-17-,22-21-,25-24-,28-27-,49-47+,57-55+. The predicted molar refractivity (Wildman–Crippen MR) is 327 cm³/mol. The number of nitrogens with one attached hydrogen (secondary N) is 1. The SMILES string of the molecule is CC/C=C\C/C=C\C/C=C\C/C=C\C/C=C\C/C=C\CCCCCCCCCCCCCCCCCCCCCCC(=O)NC(COC1OC(CO)C(O)C(O)C1O)C(O)/C=C/CC/C=C/CC/C=C/CCCCCCC. The van der Waals surface area contributed by atoms with Crippen LogP contribution >= 0.6 is 0 Å². The number of aliphatic hydroxyl groups is 5. The molecule has 442 valence electrons. The van der Waals surface area contributed by atoms with Crippen LogP contribution in [0.4, 0.5) is 0 Å². The van der Waals surface area contributed by atoms with Crippen molar-refractivity contribution >= 4 is 5.91 Å². The van der Waals surface area contributed by atoms with Crippen LogP contribution in [0.1, 0.15) is 258 Å². The summed E-state index contributed by atoms with van der Waals surface area (Å²) < 4.78 is 11.2. The number of hydrogen-bond acceptors (Lipinski definition) is 8. The van der Waals surface area contributed by atoms with Gasteiger partial charge in [0.2, 0.25) is 5.91 Å². The lowest BCUT2D eigenvalue weighted by molar-refractivity contribution is -0.302. The van der Waals surface area contributed by atoms with Crippen molar-refractivity contribution in [2.24, 2.45) is 0 Å². The first-order valence-corrected chi connectivity index (χ1v) is 31.6. The van der Waals surface area contributed by atoms with Gasteiger partial charge >= 0.3 is 0 Å². The summed E-state index contributed by atoms with van der Waals surface area (Å²) in [5.74, 6) is -0.192. The Balaban J connectivity index is 2.09. The van der Waals surface area contributed by atoms with Gasteiger partial charge in [0.1, 0.15) is 24.4 Å². The van der Waals surface area contributed by atoms with Crippen molar-refractivity contribution < 1.29 is 39.8 Å². The van der Waals surface area contributed by atoms with Crippen LogP contribution in [-0.2, 0) is 14.3 Å². The minimum Gasteiger partial charge on any atom is -0.394 e. The van der Waals surface area contributed by atoms with Crippen molar-refractivity contribution in [3.8, 4) is 0 Å². The van der Waals surface area contributed by atoms with E-state index in [4.69, 9.17) is 9.47 Å². The van der Waals surface area contributed by atoms with E-state index in [-0.39, 0.29) is 12.5 Å². The molecule has 9 heteroatoms. The first-order chi connectivity index (χ1) is 37.8. The molecule has 1 heterocycles. The van der Waals surface area contributed by atoms with E-state index in [0.717, 1.165) is 89.9 Å². The van der Waals surface area contributed by atoms with Crippen LogP contribution in [0.25, 0.3) is 0 Å². The van der Waals surface area contributed by atoms with Crippen molar-refractivity contribution in [3.05, 3.63) is 109 Å². The Morgan fingerprint density at radius 3 is 1.25 bits per heavy atom. The minimum atomic E-state index is -1.58. The number of hydrogen-bond donors (Lipinski definition) is 6. The van der Waals surface area contributed by atoms with Crippen molar-refractivity contribution in [2.75, 3.05) is 13.2 Å². The highest BCUT2D eigenvalue weighted by molar-refractivity contribution is 5.76. The second-order valence-electron chi connectivity index (χ2n) is 21.4. The number of rotatable bonds is 53. The van der Waals surface area contributed by atoms with Gasteiger partial charge in [-0.15, -0.1) is 0 Å². The summed E-state index contributed by atoms with van der Waals surface area (Å²) in [6.07, 6.45) is 76.1. The van der Waals surface area contributed by atoms with E-state index in [2.05, 4.69) is 116 Å². The number of amides is 1. The van der Waals surface area contributed by atoms with Crippen LogP contribution < -0.4 is 5.32 Å². The lowest BCUT2D eigenvalue weighted by atomic mass is 9.99. The van der Waals surface area contributed by atoms with Crippen molar-refractivity contribution in [2.45, 2.75) is 301 Å². The first-order valence-electron chi connectivity index (χ1n) is 31.6. The molecule has 0 aliphatic carbocycles. The fourth-order valence-corrected chi connectivity index (χ4v) is 9.37. The lowest BCUT2D eigenvalue weighted by Gasteiger charge is -2.40. The number of carbonyl (C=O) groups is 1. The zero-order chi connectivity index (χ0) is 55.8. The lowest BCUT2D eigenvalue weighted by Crippen LogP contribution is -2.60. The van der Waals surface area contributed by atoms with E-state index < -0.39 is 49.5 Å². The molecule has 6 N–H and O–H groups in total. The van der Waals surface area contributed by atoms with Crippen molar-refractivity contribution in [1.29, 1.82) is 0 Å². The molecule has 0 spiro atoms. The van der Waals surface area contributed by atoms with Gasteiger partial charge in [0, 0.05) is 6.42 Å². The monoisotopic (exact) mass is 1080 g/mol. The molecule has 0 radical (unpaired) electrons. The Hall–Kier alpha value is -3.15. The summed E-state index contributed by atoms with van der Waals surface area (Å²) in [5, 5.41) is 54.5. The van der Waals surface area contributed by atoms with Gasteiger partial charge in [-0.05, 0) is 96.3 Å². The highest BCUT2D eigenvalue weighted by Gasteiger charge is 2.44. The minimum absolute atomic E-state index is 0.192. The van der Waals surface area contributed by atoms with E-state index in [0.29, 0.717) is 6.42 Å². The molecule has 0 aromatic heterocycles. The Kier molecular flexibility index (Phi) is 52.4. The molecule has 1 rings (SSSR count). The average Bonchev–Trinajstić information content (AvgIpc) is 3.43. The topological polar surface area (TPSA) is 149 Å². The van der Waals surface area contributed by atoms with Gasteiger partial charge in [0.25, 0.3) is 0 Å². The zero-order valence-electron chi connectivity index (χ0n) is 49.2. The maximum absolute atomic E-state index is 13.1. The van der Waals surface area contributed by atoms with Crippen LogP contribution in [0.3, 0.4) is 0 Å². The molecule has 0 bridgehead atoms. The van der Waals surface area contributed by atoms with Gasteiger partial charge in [-0.3, -0.25) is 4.79 Å². The van der Waals surface area contributed by atoms with E-state index in [9.17, 15) is 30.3 Å². The number of unbranched alkanes of at least 4 members (excludes halogenated alkanes) is 27. The summed E-state index contributed by atoms with van der Waals surface area (Å²) in [7, 11) is 0. The number of ether oxygens (including phenoxy) is 2. The first kappa shape index (κ1) is 71.9. The quantitative estimate of drug-likeness (QED) is 0.0261. The Labute approximate surface area is 472 Å². The summed E-state index contributed by atoms with van der Waals surface area (Å²) in [5.41, 5.74) is 0. The van der Waals surface area contributed by atoms with Crippen LogP contribution in [0.15, 0.2) is 109 Å².